The molecular weight excluding hydrogens is 538 g/mol. The molecule has 1 N–H and O–H groups in total. The number of nitrogens with zero attached hydrogens (tertiary/aromatic N) is 6. The zero-order valence-corrected chi connectivity index (χ0v) is 25.5. The van der Waals surface area contributed by atoms with Gasteiger partial charge in [0.25, 0.3) is 0 Å². The van der Waals surface area contributed by atoms with Crippen LogP contribution in [0.2, 0.25) is 5.02 Å². The van der Waals surface area contributed by atoms with Crippen molar-refractivity contribution in [1.29, 1.82) is 0 Å². The van der Waals surface area contributed by atoms with Gasteiger partial charge in [-0.3, -0.25) is 19.5 Å². The smallest absolute Gasteiger partial charge is 0.245 e. The molecule has 41 heavy (non-hydrogen) atoms. The van der Waals surface area contributed by atoms with Crippen LogP contribution < -0.4 is 4.90 Å². The van der Waals surface area contributed by atoms with Crippen LogP contribution >= 0.6 is 11.6 Å². The van der Waals surface area contributed by atoms with Crippen LogP contribution in [0, 0.1) is 13.8 Å². The maximum atomic E-state index is 12.3. The Kier molecular flexibility index (Phi) is 7.63. The third-order valence-corrected chi connectivity index (χ3v) is 10.00. The average Bonchev–Trinajstić information content (AvgIpc) is 3.57. The summed E-state index contributed by atoms with van der Waals surface area (Å²) in [7, 11) is 0. The summed E-state index contributed by atoms with van der Waals surface area (Å²) in [6, 6.07) is 2.80. The van der Waals surface area contributed by atoms with E-state index in [4.69, 9.17) is 21.4 Å². The van der Waals surface area contributed by atoms with Gasteiger partial charge < -0.3 is 14.5 Å². The molecule has 0 saturated carbocycles. The molecule has 1 aromatic carbocycles. The number of halogens is 1. The number of aryl methyl sites for hydroxylation is 1. The van der Waals surface area contributed by atoms with Crippen molar-refractivity contribution in [3.05, 3.63) is 41.2 Å². The first-order valence-corrected chi connectivity index (χ1v) is 15.3. The van der Waals surface area contributed by atoms with E-state index < -0.39 is 0 Å². The molecule has 1 atom stereocenters. The largest absolute Gasteiger partial charge is 0.379 e. The lowest BCUT2D eigenvalue weighted by Crippen LogP contribution is -2.57. The predicted octanol–water partition coefficient (Wildman–Crippen LogP) is 5.13. The number of H-pyrrole nitrogens is 1. The van der Waals surface area contributed by atoms with Crippen LogP contribution in [0.1, 0.15) is 56.8 Å². The Hall–Kier alpha value is -2.88. The lowest BCUT2D eigenvalue weighted by molar-refractivity contribution is -0.127. The van der Waals surface area contributed by atoms with Gasteiger partial charge in [-0.2, -0.15) is 10.2 Å². The molecule has 2 aromatic heterocycles. The highest BCUT2D eigenvalue weighted by Crippen LogP contribution is 2.47. The Balaban J connectivity index is 1.42. The first-order valence-electron chi connectivity index (χ1n) is 14.9. The number of carbonyl (C=O) groups excluding carboxylic acids is 1. The molecule has 220 valence electrons. The second kappa shape index (κ2) is 11.1. The molecule has 1 unspecified atom stereocenters. The maximum Gasteiger partial charge on any atom is 0.245 e. The van der Waals surface area contributed by atoms with Crippen LogP contribution in [0.5, 0.6) is 0 Å². The second-order valence-electron chi connectivity index (χ2n) is 12.5. The molecule has 0 radical (unpaired) electrons. The summed E-state index contributed by atoms with van der Waals surface area (Å²) in [4.78, 5) is 19.3. The van der Waals surface area contributed by atoms with Gasteiger partial charge in [0.05, 0.1) is 36.0 Å². The first kappa shape index (κ1) is 28.2. The minimum atomic E-state index is -0.104. The van der Waals surface area contributed by atoms with Gasteiger partial charge >= 0.3 is 0 Å². The fourth-order valence-electron chi connectivity index (χ4n) is 7.26. The van der Waals surface area contributed by atoms with Gasteiger partial charge in [-0.05, 0) is 71.1 Å². The van der Waals surface area contributed by atoms with Gasteiger partial charge in [0.1, 0.15) is 0 Å². The molecular formula is C31H42ClN7O2. The van der Waals surface area contributed by atoms with Crippen molar-refractivity contribution in [3.63, 3.8) is 0 Å². The fourth-order valence-corrected chi connectivity index (χ4v) is 7.51. The lowest BCUT2D eigenvalue weighted by Gasteiger charge is -2.49. The monoisotopic (exact) mass is 579 g/mol. The van der Waals surface area contributed by atoms with Gasteiger partial charge in [-0.15, -0.1) is 0 Å². The first-order chi connectivity index (χ1) is 19.7. The van der Waals surface area contributed by atoms with Gasteiger partial charge in [0, 0.05) is 66.5 Å². The number of ether oxygens (including phenoxy) is 1. The topological polar surface area (TPSA) is 82.5 Å². The molecule has 6 rings (SSSR count). The van der Waals surface area contributed by atoms with Crippen molar-refractivity contribution in [1.82, 2.24) is 29.8 Å². The molecule has 10 heteroatoms. The number of rotatable bonds is 5. The van der Waals surface area contributed by atoms with E-state index in [2.05, 4.69) is 65.0 Å². The van der Waals surface area contributed by atoms with Crippen molar-refractivity contribution in [2.75, 3.05) is 50.8 Å². The summed E-state index contributed by atoms with van der Waals surface area (Å²) in [5, 5.41) is 14.7. The number of fused-ring (bicyclic) bond motifs is 1. The number of aromatic nitrogens is 4. The van der Waals surface area contributed by atoms with E-state index in [9.17, 15) is 4.79 Å². The molecule has 3 aromatic rings. The summed E-state index contributed by atoms with van der Waals surface area (Å²) < 4.78 is 7.85. The number of likely N-dealkylation sites (tertiary alicyclic amines) is 1. The van der Waals surface area contributed by atoms with E-state index in [1.165, 1.54) is 6.08 Å². The Bertz CT molecular complexity index is 1450. The maximum absolute atomic E-state index is 12.3. The number of anilines is 1. The Morgan fingerprint density at radius 1 is 1.10 bits per heavy atom. The summed E-state index contributed by atoms with van der Waals surface area (Å²) in [6.07, 6.45) is 7.14. The molecule has 3 saturated heterocycles. The molecule has 3 aliphatic heterocycles. The third kappa shape index (κ3) is 5.06. The van der Waals surface area contributed by atoms with Gasteiger partial charge in [-0.25, -0.2) is 0 Å². The Labute approximate surface area is 247 Å². The van der Waals surface area contributed by atoms with E-state index in [0.29, 0.717) is 19.1 Å². The highest BCUT2D eigenvalue weighted by Gasteiger charge is 2.41. The zero-order valence-electron chi connectivity index (χ0n) is 24.7. The van der Waals surface area contributed by atoms with E-state index in [1.54, 1.807) is 0 Å². The Morgan fingerprint density at radius 3 is 2.49 bits per heavy atom. The molecule has 5 heterocycles. The summed E-state index contributed by atoms with van der Waals surface area (Å²) in [6.45, 7) is 18.6. The molecule has 0 aliphatic carbocycles. The lowest BCUT2D eigenvalue weighted by atomic mass is 9.85. The standard InChI is InChI=1S/C31H42ClN7O2/c1-6-26(40)37-10-7-22(8-11-37)39-21(3)27(28-24-19-33-34-25(24)17-20(2)29(28)32)30(35-39)38-12-9-23(18-31(38,4)5)36-13-15-41-16-14-36/h6,17,19,22-23H,1,7-16,18H2,2-5H3,(H,33,34). The van der Waals surface area contributed by atoms with Gasteiger partial charge in [0.2, 0.25) is 5.91 Å². The van der Waals surface area contributed by atoms with E-state index >= 15 is 0 Å². The Morgan fingerprint density at radius 2 is 1.80 bits per heavy atom. The minimum Gasteiger partial charge on any atom is -0.379 e. The normalized spacial score (nSPS) is 22.4. The summed E-state index contributed by atoms with van der Waals surface area (Å²) in [5.41, 5.74) is 5.08. The van der Waals surface area contributed by atoms with Crippen molar-refractivity contribution < 1.29 is 9.53 Å². The summed E-state index contributed by atoms with van der Waals surface area (Å²) in [5.74, 6) is 0.994. The number of hydrogen-bond donors (Lipinski definition) is 1. The molecule has 3 fully saturated rings. The quantitative estimate of drug-likeness (QED) is 0.422. The number of carbonyl (C=O) groups is 1. The molecule has 9 nitrogen and oxygen atoms in total. The van der Waals surface area contributed by atoms with Crippen molar-refractivity contribution in [2.24, 2.45) is 0 Å². The van der Waals surface area contributed by atoms with Crippen LogP contribution in [-0.4, -0.2) is 93.2 Å². The fraction of sp³-hybridized carbons (Fsp3) is 0.581. The molecule has 3 aliphatic rings. The molecule has 0 spiro atoms. The second-order valence-corrected chi connectivity index (χ2v) is 12.8. The van der Waals surface area contributed by atoms with Crippen LogP contribution in [0.3, 0.4) is 0 Å². The summed E-state index contributed by atoms with van der Waals surface area (Å²) >= 11 is 7.14. The number of piperidine rings is 2. The highest BCUT2D eigenvalue weighted by atomic mass is 35.5. The van der Waals surface area contributed by atoms with E-state index in [0.717, 1.165) is 103 Å². The number of nitrogens with one attached hydrogen (secondary N) is 1. The van der Waals surface area contributed by atoms with Gasteiger partial charge in [0.15, 0.2) is 5.82 Å². The van der Waals surface area contributed by atoms with Crippen molar-refractivity contribution >= 4 is 34.2 Å². The van der Waals surface area contributed by atoms with Crippen molar-refractivity contribution in [3.8, 4) is 11.1 Å². The predicted molar refractivity (Wildman–Crippen MR) is 164 cm³/mol. The highest BCUT2D eigenvalue weighted by molar-refractivity contribution is 6.36. The van der Waals surface area contributed by atoms with Crippen LogP contribution in [-0.2, 0) is 9.53 Å². The molecule has 0 bridgehead atoms. The third-order valence-electron chi connectivity index (χ3n) is 9.51. The molecule has 1 amide bonds. The van der Waals surface area contributed by atoms with Crippen molar-refractivity contribution in [2.45, 2.75) is 71.0 Å². The average molecular weight is 580 g/mol. The number of hydrogen-bond acceptors (Lipinski definition) is 6. The number of amides is 1. The van der Waals surface area contributed by atoms with Crippen LogP contribution in [0.25, 0.3) is 22.0 Å². The van der Waals surface area contributed by atoms with E-state index in [1.807, 2.05) is 11.1 Å². The number of aromatic amines is 1. The number of morpholine rings is 1. The van der Waals surface area contributed by atoms with Crippen LogP contribution in [0.15, 0.2) is 24.9 Å². The van der Waals surface area contributed by atoms with Gasteiger partial charge in [-0.1, -0.05) is 18.2 Å². The van der Waals surface area contributed by atoms with E-state index in [-0.39, 0.29) is 17.5 Å². The SMILES string of the molecule is C=CC(=O)N1CCC(n2nc(N3CCC(N4CCOCC4)CC3(C)C)c(-c3c(Cl)c(C)cc4[nH]ncc34)c2C)CC1. The minimum absolute atomic E-state index is 0.000737. The number of benzene rings is 1. The van der Waals surface area contributed by atoms with Crippen LogP contribution in [0.4, 0.5) is 5.82 Å². The zero-order chi connectivity index (χ0) is 28.9.